The second kappa shape index (κ2) is 9.44. The molecule has 1 unspecified atom stereocenters. The summed E-state index contributed by atoms with van der Waals surface area (Å²) in [6.45, 7) is 8.57. The number of piperidine rings is 1. The molecule has 2 aromatic rings. The van der Waals surface area contributed by atoms with Gasteiger partial charge in [-0.15, -0.1) is 0 Å². The third-order valence-corrected chi connectivity index (χ3v) is 6.56. The van der Waals surface area contributed by atoms with E-state index in [0.29, 0.717) is 41.9 Å². The molecule has 0 radical (unpaired) electrons. The van der Waals surface area contributed by atoms with E-state index in [1.807, 2.05) is 38.1 Å². The smallest absolute Gasteiger partial charge is 0.404 e. The number of fused-ring (bicyclic) bond motifs is 1. The van der Waals surface area contributed by atoms with E-state index >= 15 is 0 Å². The van der Waals surface area contributed by atoms with Gasteiger partial charge in [0.1, 0.15) is 6.04 Å². The Morgan fingerprint density at radius 3 is 2.50 bits per heavy atom. The Morgan fingerprint density at radius 1 is 1.18 bits per heavy atom. The number of benzene rings is 1. The number of carboxylic acid groups (broad SMARTS) is 1. The number of imide groups is 1. The summed E-state index contributed by atoms with van der Waals surface area (Å²) in [6.07, 6.45) is 1.96. The topological polar surface area (TPSA) is 103 Å². The SMILES string of the molecule is Cc1ccc(-c2c(CNC(=O)O)c(CC(C)C)nc(C)c2N2C(=O)C3CCCCN3C2=O)cc1. The maximum absolute atomic E-state index is 13.5. The van der Waals surface area contributed by atoms with Crippen LogP contribution in [0.2, 0.25) is 0 Å². The Morgan fingerprint density at radius 2 is 1.88 bits per heavy atom. The largest absolute Gasteiger partial charge is 0.465 e. The van der Waals surface area contributed by atoms with Crippen LogP contribution in [0, 0.1) is 19.8 Å². The standard InChI is InChI=1S/C26H32N4O4/c1-15(2)13-20-19(14-27-25(32)33)22(18-10-8-16(3)9-11-18)23(17(4)28-20)30-24(31)21-7-5-6-12-29(21)26(30)34/h8-11,15,21,27H,5-7,12-14H2,1-4H3,(H,32,33). The van der Waals surface area contributed by atoms with Crippen molar-refractivity contribution in [3.8, 4) is 11.1 Å². The molecule has 2 saturated heterocycles. The molecular formula is C26H32N4O4. The van der Waals surface area contributed by atoms with Crippen molar-refractivity contribution >= 4 is 23.7 Å². The lowest BCUT2D eigenvalue weighted by Gasteiger charge is -2.26. The molecule has 0 spiro atoms. The van der Waals surface area contributed by atoms with Crippen molar-refractivity contribution in [3.63, 3.8) is 0 Å². The van der Waals surface area contributed by atoms with Crippen LogP contribution in [0.4, 0.5) is 15.3 Å². The van der Waals surface area contributed by atoms with Crippen LogP contribution in [-0.4, -0.2) is 45.6 Å². The lowest BCUT2D eigenvalue weighted by Crippen LogP contribution is -2.39. The van der Waals surface area contributed by atoms with Gasteiger partial charge in [-0.2, -0.15) is 0 Å². The van der Waals surface area contributed by atoms with E-state index in [2.05, 4.69) is 19.2 Å². The minimum Gasteiger partial charge on any atom is -0.465 e. The van der Waals surface area contributed by atoms with Crippen molar-refractivity contribution < 1.29 is 19.5 Å². The number of amides is 4. The first-order valence-electron chi connectivity index (χ1n) is 11.9. The number of pyridine rings is 1. The number of rotatable bonds is 6. The predicted molar refractivity (Wildman–Crippen MR) is 130 cm³/mol. The number of nitrogens with one attached hydrogen (secondary N) is 1. The van der Waals surface area contributed by atoms with Gasteiger partial charge in [-0.3, -0.25) is 9.78 Å². The number of anilines is 1. The molecule has 1 atom stereocenters. The molecule has 1 aromatic carbocycles. The van der Waals surface area contributed by atoms with Gasteiger partial charge in [0.2, 0.25) is 0 Å². The molecule has 8 heteroatoms. The zero-order valence-electron chi connectivity index (χ0n) is 20.2. The molecule has 4 rings (SSSR count). The highest BCUT2D eigenvalue weighted by atomic mass is 16.4. The average molecular weight is 465 g/mol. The number of hydrogen-bond acceptors (Lipinski definition) is 4. The van der Waals surface area contributed by atoms with Crippen LogP contribution >= 0.6 is 0 Å². The molecule has 3 heterocycles. The first-order chi connectivity index (χ1) is 16.2. The van der Waals surface area contributed by atoms with Gasteiger partial charge in [0.25, 0.3) is 5.91 Å². The summed E-state index contributed by atoms with van der Waals surface area (Å²) in [5.41, 5.74) is 5.12. The molecule has 2 fully saturated rings. The second-order valence-corrected chi connectivity index (χ2v) is 9.63. The third-order valence-electron chi connectivity index (χ3n) is 6.56. The molecule has 8 nitrogen and oxygen atoms in total. The van der Waals surface area contributed by atoms with Crippen LogP contribution in [0.25, 0.3) is 11.1 Å². The summed E-state index contributed by atoms with van der Waals surface area (Å²) in [5.74, 6) is 0.0629. The molecule has 180 valence electrons. The third kappa shape index (κ3) is 4.36. The van der Waals surface area contributed by atoms with Crippen molar-refractivity contribution in [1.29, 1.82) is 0 Å². The maximum Gasteiger partial charge on any atom is 0.404 e. The summed E-state index contributed by atoms with van der Waals surface area (Å²) >= 11 is 0. The van der Waals surface area contributed by atoms with Crippen LogP contribution in [0.3, 0.4) is 0 Å². The number of hydrogen-bond donors (Lipinski definition) is 2. The van der Waals surface area contributed by atoms with Gasteiger partial charge in [-0.25, -0.2) is 14.5 Å². The number of aromatic nitrogens is 1. The van der Waals surface area contributed by atoms with E-state index in [4.69, 9.17) is 4.98 Å². The van der Waals surface area contributed by atoms with Crippen LogP contribution in [0.15, 0.2) is 24.3 Å². The number of aryl methyl sites for hydroxylation is 2. The normalized spacial score (nSPS) is 18.0. The molecule has 2 N–H and O–H groups in total. The highest BCUT2D eigenvalue weighted by Gasteiger charge is 2.48. The van der Waals surface area contributed by atoms with E-state index in [1.54, 1.807) is 4.90 Å². The number of urea groups is 1. The molecule has 0 saturated carbocycles. The van der Waals surface area contributed by atoms with Crippen LogP contribution in [0.5, 0.6) is 0 Å². The zero-order chi connectivity index (χ0) is 24.6. The highest BCUT2D eigenvalue weighted by Crippen LogP contribution is 2.42. The number of nitrogens with zero attached hydrogens (tertiary/aromatic N) is 3. The van der Waals surface area contributed by atoms with E-state index in [-0.39, 0.29) is 24.4 Å². The van der Waals surface area contributed by atoms with Gasteiger partial charge in [0, 0.05) is 29.9 Å². The Labute approximate surface area is 200 Å². The number of carbonyl (C=O) groups is 3. The summed E-state index contributed by atoms with van der Waals surface area (Å²) < 4.78 is 0. The first kappa shape index (κ1) is 23.7. The van der Waals surface area contributed by atoms with Crippen LogP contribution < -0.4 is 10.2 Å². The highest BCUT2D eigenvalue weighted by molar-refractivity contribution is 6.23. The second-order valence-electron chi connectivity index (χ2n) is 9.63. The van der Waals surface area contributed by atoms with E-state index in [1.165, 1.54) is 4.90 Å². The van der Waals surface area contributed by atoms with Gasteiger partial charge < -0.3 is 15.3 Å². The van der Waals surface area contributed by atoms with Crippen molar-refractivity contribution in [2.75, 3.05) is 11.4 Å². The molecule has 2 aliphatic rings. The monoisotopic (exact) mass is 464 g/mol. The van der Waals surface area contributed by atoms with Gasteiger partial charge in [-0.05, 0) is 51.0 Å². The van der Waals surface area contributed by atoms with E-state index < -0.39 is 12.1 Å². The molecular weight excluding hydrogens is 432 g/mol. The van der Waals surface area contributed by atoms with Gasteiger partial charge in [0.05, 0.1) is 11.4 Å². The first-order valence-corrected chi connectivity index (χ1v) is 11.9. The van der Waals surface area contributed by atoms with Gasteiger partial charge in [-0.1, -0.05) is 43.7 Å². The molecule has 1 aromatic heterocycles. The van der Waals surface area contributed by atoms with Crippen molar-refractivity contribution in [2.24, 2.45) is 5.92 Å². The van der Waals surface area contributed by atoms with Crippen LogP contribution in [-0.2, 0) is 17.8 Å². The zero-order valence-corrected chi connectivity index (χ0v) is 20.2. The van der Waals surface area contributed by atoms with E-state index in [9.17, 15) is 19.5 Å². The average Bonchev–Trinajstić information content (AvgIpc) is 3.03. The maximum atomic E-state index is 13.5. The Balaban J connectivity index is 1.97. The molecule has 34 heavy (non-hydrogen) atoms. The number of carbonyl (C=O) groups excluding carboxylic acids is 2. The fraction of sp³-hybridized carbons (Fsp3) is 0.462. The summed E-state index contributed by atoms with van der Waals surface area (Å²) in [5, 5.41) is 11.8. The summed E-state index contributed by atoms with van der Waals surface area (Å²) in [4.78, 5) is 46.2. The molecule has 4 amide bonds. The molecule has 0 aliphatic carbocycles. The lowest BCUT2D eigenvalue weighted by atomic mass is 9.91. The fourth-order valence-electron chi connectivity index (χ4n) is 5.00. The van der Waals surface area contributed by atoms with Gasteiger partial charge >= 0.3 is 12.1 Å². The Hall–Kier alpha value is -3.42. The minimum absolute atomic E-state index is 0.0320. The Kier molecular flexibility index (Phi) is 6.59. The minimum atomic E-state index is -1.14. The lowest BCUT2D eigenvalue weighted by molar-refractivity contribution is -0.120. The fourth-order valence-corrected chi connectivity index (χ4v) is 5.00. The van der Waals surface area contributed by atoms with Crippen LogP contribution in [0.1, 0.15) is 55.6 Å². The van der Waals surface area contributed by atoms with Crippen molar-refractivity contribution in [2.45, 2.75) is 66.0 Å². The van der Waals surface area contributed by atoms with Crippen molar-refractivity contribution in [3.05, 3.63) is 46.8 Å². The summed E-state index contributed by atoms with van der Waals surface area (Å²) in [6, 6.07) is 7.10. The Bertz CT molecular complexity index is 1100. The molecule has 0 bridgehead atoms. The predicted octanol–water partition coefficient (Wildman–Crippen LogP) is 4.65. The van der Waals surface area contributed by atoms with E-state index in [0.717, 1.165) is 29.7 Å². The quantitative estimate of drug-likeness (QED) is 0.606. The molecule has 2 aliphatic heterocycles. The van der Waals surface area contributed by atoms with Gasteiger partial charge in [0.15, 0.2) is 0 Å². The van der Waals surface area contributed by atoms with Crippen molar-refractivity contribution in [1.82, 2.24) is 15.2 Å². The summed E-state index contributed by atoms with van der Waals surface area (Å²) in [7, 11) is 0.